The quantitative estimate of drug-likeness (QED) is 0.236. The molecule has 5 aromatic rings. The van der Waals surface area contributed by atoms with Crippen LogP contribution in [0.1, 0.15) is 36.2 Å². The molecule has 3 saturated heterocycles. The van der Waals surface area contributed by atoms with E-state index in [0.717, 1.165) is 63.5 Å². The molecule has 0 aliphatic carbocycles. The first-order chi connectivity index (χ1) is 20.0. The van der Waals surface area contributed by atoms with E-state index in [0.29, 0.717) is 12.1 Å². The Bertz CT molecular complexity index is 1780. The van der Waals surface area contributed by atoms with Crippen molar-refractivity contribution < 1.29 is 0 Å². The molecule has 9 heteroatoms. The van der Waals surface area contributed by atoms with Crippen molar-refractivity contribution in [3.8, 4) is 34.6 Å². The second kappa shape index (κ2) is 9.98. The Kier molecular flexibility index (Phi) is 6.13. The average Bonchev–Trinajstić information content (AvgIpc) is 3.63. The molecular weight excluding hydrogens is 510 g/mol. The second-order valence-electron chi connectivity index (χ2n) is 10.9. The van der Waals surface area contributed by atoms with E-state index in [1.54, 1.807) is 13.2 Å². The topological polar surface area (TPSA) is 79.7 Å². The molecule has 0 spiro atoms. The molecule has 0 radical (unpaired) electrons. The van der Waals surface area contributed by atoms with Crippen LogP contribution >= 0.6 is 0 Å². The van der Waals surface area contributed by atoms with Gasteiger partial charge in [0.15, 0.2) is 0 Å². The Labute approximate surface area is 239 Å². The van der Waals surface area contributed by atoms with E-state index in [4.69, 9.17) is 11.4 Å². The van der Waals surface area contributed by atoms with Gasteiger partial charge in [-0.25, -0.2) is 9.50 Å². The smallest absolute Gasteiger partial charge is 0.128 e. The number of aliphatic imine (C=N–C) groups is 1. The zero-order valence-electron chi connectivity index (χ0n) is 23.4. The van der Waals surface area contributed by atoms with Gasteiger partial charge < -0.3 is 4.90 Å². The molecule has 204 valence electrons. The summed E-state index contributed by atoms with van der Waals surface area (Å²) in [4.78, 5) is 18.8. The molecule has 0 amide bonds. The van der Waals surface area contributed by atoms with Crippen LogP contribution in [-0.2, 0) is 7.05 Å². The Morgan fingerprint density at radius 1 is 0.976 bits per heavy atom. The third-order valence-corrected chi connectivity index (χ3v) is 8.41. The first-order valence-corrected chi connectivity index (χ1v) is 13.9. The summed E-state index contributed by atoms with van der Waals surface area (Å²) in [6.07, 6.45) is 20.1. The Morgan fingerprint density at radius 2 is 1.83 bits per heavy atom. The summed E-state index contributed by atoms with van der Waals surface area (Å²) in [7, 11) is 3.70. The predicted molar refractivity (Wildman–Crippen MR) is 161 cm³/mol. The van der Waals surface area contributed by atoms with Crippen LogP contribution in [0.4, 0.5) is 5.82 Å². The number of aromatic nitrogens is 6. The average molecular weight is 542 g/mol. The summed E-state index contributed by atoms with van der Waals surface area (Å²) >= 11 is 0. The minimum atomic E-state index is 0.258. The molecule has 9 nitrogen and oxygen atoms in total. The van der Waals surface area contributed by atoms with Gasteiger partial charge >= 0.3 is 0 Å². The highest BCUT2D eigenvalue weighted by molar-refractivity contribution is 5.97. The third-order valence-electron chi connectivity index (χ3n) is 8.41. The lowest BCUT2D eigenvalue weighted by Crippen LogP contribution is -2.69. The van der Waals surface area contributed by atoms with Gasteiger partial charge in [-0.15, -0.1) is 6.42 Å². The van der Waals surface area contributed by atoms with Crippen molar-refractivity contribution >= 4 is 17.5 Å². The number of aryl methyl sites for hydroxylation is 1. The molecule has 2 bridgehead atoms. The third kappa shape index (κ3) is 4.37. The second-order valence-corrected chi connectivity index (χ2v) is 10.9. The summed E-state index contributed by atoms with van der Waals surface area (Å²) in [5.74, 6) is 3.66. The Morgan fingerprint density at radius 3 is 2.49 bits per heavy atom. The number of terminal acetylenes is 1. The van der Waals surface area contributed by atoms with Crippen molar-refractivity contribution in [2.24, 2.45) is 12.0 Å². The number of rotatable bonds is 6. The summed E-state index contributed by atoms with van der Waals surface area (Å²) < 4.78 is 3.73. The molecule has 3 fully saturated rings. The zero-order chi connectivity index (χ0) is 28.1. The number of piperidine rings is 1. The SMILES string of the molecule is C#Cc1ccc(C(C)N2C3CC2CN(c2ccc(-c4cc(-c5cnn(C)c5)cn5ncc(C=NC)c45)cn2)C3)nc1. The first-order valence-electron chi connectivity index (χ1n) is 13.9. The van der Waals surface area contributed by atoms with Crippen molar-refractivity contribution in [1.29, 1.82) is 0 Å². The summed E-state index contributed by atoms with van der Waals surface area (Å²) in [6, 6.07) is 11.8. The van der Waals surface area contributed by atoms with E-state index in [1.807, 2.05) is 59.5 Å². The van der Waals surface area contributed by atoms with Crippen molar-refractivity contribution in [1.82, 2.24) is 34.3 Å². The van der Waals surface area contributed by atoms with E-state index in [9.17, 15) is 0 Å². The maximum atomic E-state index is 5.51. The fourth-order valence-corrected chi connectivity index (χ4v) is 6.41. The molecule has 41 heavy (non-hydrogen) atoms. The highest BCUT2D eigenvalue weighted by Gasteiger charge is 2.47. The number of fused-ring (bicyclic) bond motifs is 3. The molecule has 3 atom stereocenters. The van der Waals surface area contributed by atoms with Gasteiger partial charge in [0, 0.05) is 110 Å². The van der Waals surface area contributed by atoms with Gasteiger partial charge in [-0.2, -0.15) is 10.2 Å². The van der Waals surface area contributed by atoms with Gasteiger partial charge in [-0.3, -0.25) is 19.6 Å². The monoisotopic (exact) mass is 541 g/mol. The van der Waals surface area contributed by atoms with E-state index in [2.05, 4.69) is 67.1 Å². The van der Waals surface area contributed by atoms with Crippen LogP contribution in [-0.4, -0.2) is 72.7 Å². The minimum Gasteiger partial charge on any atom is -0.353 e. The van der Waals surface area contributed by atoms with Gasteiger partial charge in [0.1, 0.15) is 5.82 Å². The van der Waals surface area contributed by atoms with E-state index in [1.165, 1.54) is 6.42 Å². The van der Waals surface area contributed by atoms with Crippen molar-refractivity contribution in [2.45, 2.75) is 31.5 Å². The lowest BCUT2D eigenvalue weighted by molar-refractivity contribution is -0.0356. The molecule has 8 rings (SSSR count). The van der Waals surface area contributed by atoms with Crippen LogP contribution in [0.5, 0.6) is 0 Å². The highest BCUT2D eigenvalue weighted by Crippen LogP contribution is 2.40. The molecule has 3 aliphatic heterocycles. The van der Waals surface area contributed by atoms with Crippen molar-refractivity contribution in [2.75, 3.05) is 25.0 Å². The fourth-order valence-electron chi connectivity index (χ4n) is 6.41. The van der Waals surface area contributed by atoms with Gasteiger partial charge in [0.25, 0.3) is 0 Å². The molecule has 0 N–H and O–H groups in total. The van der Waals surface area contributed by atoms with Crippen LogP contribution in [0.2, 0.25) is 0 Å². The van der Waals surface area contributed by atoms with Gasteiger partial charge in [0.2, 0.25) is 0 Å². The lowest BCUT2D eigenvalue weighted by atomic mass is 9.85. The summed E-state index contributed by atoms with van der Waals surface area (Å²) in [5.41, 5.74) is 8.04. The molecule has 0 saturated carbocycles. The van der Waals surface area contributed by atoms with Crippen LogP contribution in [0.15, 0.2) is 72.5 Å². The number of nitrogens with zero attached hydrogens (tertiary/aromatic N) is 9. The van der Waals surface area contributed by atoms with Gasteiger partial charge in [-0.05, 0) is 43.7 Å². The normalized spacial score (nSPS) is 19.4. The molecule has 3 unspecified atom stereocenters. The van der Waals surface area contributed by atoms with Crippen molar-refractivity contribution in [3.05, 3.63) is 84.3 Å². The fraction of sp³-hybridized carbons (Fsp3) is 0.281. The predicted octanol–water partition coefficient (Wildman–Crippen LogP) is 4.25. The van der Waals surface area contributed by atoms with Crippen LogP contribution in [0.3, 0.4) is 0 Å². The number of pyridine rings is 3. The molecule has 3 aliphatic rings. The number of hydrogen-bond donors (Lipinski definition) is 0. The van der Waals surface area contributed by atoms with Crippen molar-refractivity contribution in [3.63, 3.8) is 0 Å². The molecular formula is C32H31N9. The van der Waals surface area contributed by atoms with Crippen LogP contribution < -0.4 is 4.90 Å². The van der Waals surface area contributed by atoms with Crippen LogP contribution in [0, 0.1) is 12.3 Å². The largest absolute Gasteiger partial charge is 0.353 e. The number of hydrogen-bond acceptors (Lipinski definition) is 7. The Balaban J connectivity index is 1.14. The standard InChI is InChI=1S/C32H31N9/c1-5-22-6-8-30(34-12-22)21(2)41-27-11-28(41)20-39(19-27)31-9-7-23(14-35-31)29-10-24(26-16-36-38(4)17-26)18-40-32(29)25(13-33-3)15-37-40/h1,6-10,12-18,21,27-28H,11,19-20H2,2-4H3. The van der Waals surface area contributed by atoms with Gasteiger partial charge in [-0.1, -0.05) is 5.92 Å². The lowest BCUT2D eigenvalue weighted by Gasteiger charge is -2.58. The van der Waals surface area contributed by atoms with E-state index >= 15 is 0 Å². The van der Waals surface area contributed by atoms with E-state index in [-0.39, 0.29) is 6.04 Å². The van der Waals surface area contributed by atoms with E-state index < -0.39 is 0 Å². The molecule has 8 heterocycles. The maximum Gasteiger partial charge on any atom is 0.128 e. The summed E-state index contributed by atoms with van der Waals surface area (Å²) in [6.45, 7) is 4.15. The zero-order valence-corrected chi connectivity index (χ0v) is 23.4. The molecule has 5 aromatic heterocycles. The summed E-state index contributed by atoms with van der Waals surface area (Å²) in [5, 5.41) is 8.98. The maximum absolute atomic E-state index is 5.51. The van der Waals surface area contributed by atoms with Crippen LogP contribution in [0.25, 0.3) is 27.8 Å². The number of piperazine rings is 1. The highest BCUT2D eigenvalue weighted by atomic mass is 15.4. The molecule has 0 aromatic carbocycles. The minimum absolute atomic E-state index is 0.258. The number of anilines is 1. The first kappa shape index (κ1) is 25.2. The Hall–Kier alpha value is -4.81. The van der Waals surface area contributed by atoms with Gasteiger partial charge in [0.05, 0.1) is 23.6 Å².